The second kappa shape index (κ2) is 4.91. The van der Waals surface area contributed by atoms with E-state index in [2.05, 4.69) is 0 Å². The van der Waals surface area contributed by atoms with E-state index in [-0.39, 0.29) is 18.4 Å². The van der Waals surface area contributed by atoms with E-state index in [1.54, 1.807) is 0 Å². The van der Waals surface area contributed by atoms with Gasteiger partial charge in [0.15, 0.2) is 11.6 Å². The van der Waals surface area contributed by atoms with Crippen LogP contribution in [0.2, 0.25) is 0 Å². The summed E-state index contributed by atoms with van der Waals surface area (Å²) in [5.74, 6) is -1.19. The molecule has 1 rings (SSSR count). The summed E-state index contributed by atoms with van der Waals surface area (Å²) < 4.78 is 30.7. The van der Waals surface area contributed by atoms with E-state index in [9.17, 15) is 8.78 Å². The minimum atomic E-state index is -0.574. The van der Waals surface area contributed by atoms with E-state index in [1.165, 1.54) is 0 Å². The summed E-state index contributed by atoms with van der Waals surface area (Å²) in [6.07, 6.45) is 0.733. The number of ether oxygens (including phenoxy) is 1. The molecule has 14 heavy (non-hydrogen) atoms. The minimum Gasteiger partial charge on any atom is -0.489 e. The lowest BCUT2D eigenvalue weighted by atomic mass is 10.2. The fraction of sp³-hybridized carbons (Fsp3) is 0.400. The SMILES string of the molecule is CCC(N)COc1cc(F)ccc1F. The Morgan fingerprint density at radius 1 is 1.43 bits per heavy atom. The molecule has 0 bridgehead atoms. The first-order chi connectivity index (χ1) is 6.63. The Morgan fingerprint density at radius 2 is 2.14 bits per heavy atom. The molecule has 1 atom stereocenters. The van der Waals surface area contributed by atoms with Crippen LogP contribution in [-0.4, -0.2) is 12.6 Å². The van der Waals surface area contributed by atoms with Crippen LogP contribution in [0.5, 0.6) is 5.75 Å². The summed E-state index contributed by atoms with van der Waals surface area (Å²) in [6, 6.07) is 2.93. The predicted molar refractivity (Wildman–Crippen MR) is 50.1 cm³/mol. The first-order valence-electron chi connectivity index (χ1n) is 4.47. The van der Waals surface area contributed by atoms with E-state index in [0.29, 0.717) is 0 Å². The molecule has 0 saturated carbocycles. The van der Waals surface area contributed by atoms with Crippen molar-refractivity contribution in [2.45, 2.75) is 19.4 Å². The number of rotatable bonds is 4. The standard InChI is InChI=1S/C10H13F2NO/c1-2-8(13)6-14-10-5-7(11)3-4-9(10)12/h3-5,8H,2,6,13H2,1H3. The Bertz CT molecular complexity index is 304. The molecule has 0 aromatic heterocycles. The zero-order chi connectivity index (χ0) is 10.6. The van der Waals surface area contributed by atoms with Crippen LogP contribution in [0.4, 0.5) is 8.78 Å². The molecule has 2 N–H and O–H groups in total. The summed E-state index contributed by atoms with van der Waals surface area (Å²) in [6.45, 7) is 2.09. The fourth-order valence-corrected chi connectivity index (χ4v) is 0.902. The van der Waals surface area contributed by atoms with Gasteiger partial charge in [-0.25, -0.2) is 8.78 Å². The van der Waals surface area contributed by atoms with Gasteiger partial charge in [-0.05, 0) is 18.6 Å². The van der Waals surface area contributed by atoms with Crippen molar-refractivity contribution in [1.29, 1.82) is 0 Å². The smallest absolute Gasteiger partial charge is 0.165 e. The van der Waals surface area contributed by atoms with Crippen LogP contribution < -0.4 is 10.5 Å². The highest BCUT2D eigenvalue weighted by molar-refractivity contribution is 5.24. The van der Waals surface area contributed by atoms with Gasteiger partial charge >= 0.3 is 0 Å². The first-order valence-corrected chi connectivity index (χ1v) is 4.47. The van der Waals surface area contributed by atoms with Crippen LogP contribution in [0.3, 0.4) is 0 Å². The predicted octanol–water partition coefficient (Wildman–Crippen LogP) is 2.08. The number of benzene rings is 1. The lowest BCUT2D eigenvalue weighted by Gasteiger charge is -2.11. The molecule has 1 aromatic carbocycles. The Kier molecular flexibility index (Phi) is 3.83. The molecule has 0 saturated heterocycles. The largest absolute Gasteiger partial charge is 0.489 e. The first kappa shape index (κ1) is 10.9. The van der Waals surface area contributed by atoms with Crippen molar-refractivity contribution in [2.24, 2.45) is 5.73 Å². The summed E-state index contributed by atoms with van der Waals surface area (Å²) in [5.41, 5.74) is 5.57. The number of hydrogen-bond donors (Lipinski definition) is 1. The third-order valence-corrected chi connectivity index (χ3v) is 1.87. The Hall–Kier alpha value is -1.16. The van der Waals surface area contributed by atoms with Gasteiger partial charge in [0.25, 0.3) is 0 Å². The van der Waals surface area contributed by atoms with Gasteiger partial charge < -0.3 is 10.5 Å². The van der Waals surface area contributed by atoms with E-state index < -0.39 is 11.6 Å². The maximum atomic E-state index is 13.0. The topological polar surface area (TPSA) is 35.2 Å². The molecule has 1 unspecified atom stereocenters. The third kappa shape index (κ3) is 2.96. The van der Waals surface area contributed by atoms with E-state index >= 15 is 0 Å². The van der Waals surface area contributed by atoms with Gasteiger partial charge in [0.05, 0.1) is 0 Å². The molecular formula is C10H13F2NO. The van der Waals surface area contributed by atoms with Gasteiger partial charge in [0.2, 0.25) is 0 Å². The highest BCUT2D eigenvalue weighted by Crippen LogP contribution is 2.17. The molecule has 0 aliphatic carbocycles. The van der Waals surface area contributed by atoms with Crippen LogP contribution in [0.25, 0.3) is 0 Å². The second-order valence-electron chi connectivity index (χ2n) is 3.05. The molecule has 0 spiro atoms. The second-order valence-corrected chi connectivity index (χ2v) is 3.05. The van der Waals surface area contributed by atoms with E-state index in [4.69, 9.17) is 10.5 Å². The molecule has 0 amide bonds. The summed E-state index contributed by atoms with van der Waals surface area (Å²) in [7, 11) is 0. The number of nitrogens with two attached hydrogens (primary N) is 1. The molecule has 0 aliphatic rings. The molecule has 0 fully saturated rings. The van der Waals surface area contributed by atoms with Crippen LogP contribution in [0, 0.1) is 11.6 Å². The lowest BCUT2D eigenvalue weighted by Crippen LogP contribution is -2.26. The number of halogens is 2. The van der Waals surface area contributed by atoms with Gasteiger partial charge in [-0.15, -0.1) is 0 Å². The number of hydrogen-bond acceptors (Lipinski definition) is 2. The average Bonchev–Trinajstić information content (AvgIpc) is 2.19. The molecule has 78 valence electrons. The highest BCUT2D eigenvalue weighted by atomic mass is 19.1. The van der Waals surface area contributed by atoms with Crippen molar-refractivity contribution < 1.29 is 13.5 Å². The molecule has 0 heterocycles. The summed E-state index contributed by atoms with van der Waals surface area (Å²) >= 11 is 0. The van der Waals surface area contributed by atoms with Crippen molar-refractivity contribution in [3.8, 4) is 5.75 Å². The Morgan fingerprint density at radius 3 is 2.79 bits per heavy atom. The molecule has 1 aromatic rings. The van der Waals surface area contributed by atoms with Gasteiger partial charge in [0.1, 0.15) is 12.4 Å². The average molecular weight is 201 g/mol. The van der Waals surface area contributed by atoms with Gasteiger partial charge in [-0.2, -0.15) is 0 Å². The zero-order valence-electron chi connectivity index (χ0n) is 7.97. The van der Waals surface area contributed by atoms with Gasteiger partial charge in [0, 0.05) is 12.1 Å². The van der Waals surface area contributed by atoms with Crippen molar-refractivity contribution in [3.63, 3.8) is 0 Å². The van der Waals surface area contributed by atoms with E-state index in [0.717, 1.165) is 24.6 Å². The van der Waals surface area contributed by atoms with Crippen molar-refractivity contribution in [3.05, 3.63) is 29.8 Å². The third-order valence-electron chi connectivity index (χ3n) is 1.87. The van der Waals surface area contributed by atoms with Crippen molar-refractivity contribution in [1.82, 2.24) is 0 Å². The summed E-state index contributed by atoms with van der Waals surface area (Å²) in [5, 5.41) is 0. The van der Waals surface area contributed by atoms with Gasteiger partial charge in [-0.1, -0.05) is 6.92 Å². The zero-order valence-corrected chi connectivity index (χ0v) is 7.97. The molecule has 4 heteroatoms. The summed E-state index contributed by atoms with van der Waals surface area (Å²) in [4.78, 5) is 0. The molecule has 0 radical (unpaired) electrons. The molecular weight excluding hydrogens is 188 g/mol. The van der Waals surface area contributed by atoms with Gasteiger partial charge in [-0.3, -0.25) is 0 Å². The highest BCUT2D eigenvalue weighted by Gasteiger charge is 2.06. The van der Waals surface area contributed by atoms with Crippen LogP contribution in [0.1, 0.15) is 13.3 Å². The lowest BCUT2D eigenvalue weighted by molar-refractivity contribution is 0.271. The van der Waals surface area contributed by atoms with Crippen LogP contribution in [-0.2, 0) is 0 Å². The van der Waals surface area contributed by atoms with Crippen LogP contribution in [0.15, 0.2) is 18.2 Å². The minimum absolute atomic E-state index is 0.0890. The van der Waals surface area contributed by atoms with Crippen molar-refractivity contribution in [2.75, 3.05) is 6.61 Å². The van der Waals surface area contributed by atoms with E-state index in [1.807, 2.05) is 6.92 Å². The van der Waals surface area contributed by atoms with Crippen LogP contribution >= 0.6 is 0 Å². The monoisotopic (exact) mass is 201 g/mol. The Balaban J connectivity index is 2.62. The molecule has 0 aliphatic heterocycles. The maximum Gasteiger partial charge on any atom is 0.165 e. The molecule has 2 nitrogen and oxygen atoms in total. The quantitative estimate of drug-likeness (QED) is 0.809. The normalized spacial score (nSPS) is 12.6. The van der Waals surface area contributed by atoms with Crippen molar-refractivity contribution >= 4 is 0 Å². The fourth-order valence-electron chi connectivity index (χ4n) is 0.902. The maximum absolute atomic E-state index is 13.0. The Labute approximate surface area is 81.7 Å².